The van der Waals surface area contributed by atoms with Gasteiger partial charge in [0.2, 0.25) is 0 Å². The second kappa shape index (κ2) is 6.91. The summed E-state index contributed by atoms with van der Waals surface area (Å²) in [5, 5.41) is 14.0. The van der Waals surface area contributed by atoms with Gasteiger partial charge in [0.25, 0.3) is 11.8 Å². The standard InChI is InChI=1S/C15H13N3O3/c16-10-11-3-5-12(6-4-11)14(19)17-7-8-18-15(20)13-2-1-9-21-13/h1-6,9H,7-8H2,(H,17,19)(H,18,20). The van der Waals surface area contributed by atoms with Crippen LogP contribution in [0, 0.1) is 11.3 Å². The molecule has 2 amide bonds. The molecule has 0 bridgehead atoms. The molecule has 2 rings (SSSR count). The number of carbonyl (C=O) groups is 2. The summed E-state index contributed by atoms with van der Waals surface area (Å²) in [6, 6.07) is 11.5. The van der Waals surface area contributed by atoms with Crippen LogP contribution in [0.5, 0.6) is 0 Å². The number of nitrogens with one attached hydrogen (secondary N) is 2. The van der Waals surface area contributed by atoms with E-state index < -0.39 is 0 Å². The lowest BCUT2D eigenvalue weighted by Gasteiger charge is -2.06. The van der Waals surface area contributed by atoms with Crippen LogP contribution in [-0.2, 0) is 0 Å². The highest BCUT2D eigenvalue weighted by molar-refractivity contribution is 5.94. The highest BCUT2D eigenvalue weighted by Crippen LogP contribution is 2.03. The lowest BCUT2D eigenvalue weighted by Crippen LogP contribution is -2.34. The Balaban J connectivity index is 1.74. The van der Waals surface area contributed by atoms with Gasteiger partial charge >= 0.3 is 0 Å². The number of furan rings is 1. The molecule has 1 heterocycles. The molecule has 0 spiro atoms. The smallest absolute Gasteiger partial charge is 0.287 e. The summed E-state index contributed by atoms with van der Waals surface area (Å²) < 4.78 is 4.94. The molecule has 0 saturated carbocycles. The van der Waals surface area contributed by atoms with E-state index in [0.29, 0.717) is 24.2 Å². The van der Waals surface area contributed by atoms with Gasteiger partial charge in [0, 0.05) is 18.7 Å². The summed E-state index contributed by atoms with van der Waals surface area (Å²) in [7, 11) is 0. The van der Waals surface area contributed by atoms with Crippen LogP contribution in [0.4, 0.5) is 0 Å². The Morgan fingerprint density at radius 3 is 2.29 bits per heavy atom. The average Bonchev–Trinajstić information content (AvgIpc) is 3.05. The van der Waals surface area contributed by atoms with Gasteiger partial charge in [0.15, 0.2) is 5.76 Å². The largest absolute Gasteiger partial charge is 0.459 e. The molecule has 1 aromatic carbocycles. The monoisotopic (exact) mass is 283 g/mol. The van der Waals surface area contributed by atoms with E-state index in [1.54, 1.807) is 36.4 Å². The Bertz CT molecular complexity index is 654. The minimum atomic E-state index is -0.326. The normalized spacial score (nSPS) is 9.67. The summed E-state index contributed by atoms with van der Waals surface area (Å²) in [4.78, 5) is 23.3. The lowest BCUT2D eigenvalue weighted by atomic mass is 10.1. The van der Waals surface area contributed by atoms with Crippen molar-refractivity contribution >= 4 is 11.8 Å². The van der Waals surface area contributed by atoms with Crippen molar-refractivity contribution in [2.24, 2.45) is 0 Å². The first-order chi connectivity index (χ1) is 10.2. The fourth-order valence-electron chi connectivity index (χ4n) is 1.65. The van der Waals surface area contributed by atoms with Gasteiger partial charge in [0.1, 0.15) is 0 Å². The van der Waals surface area contributed by atoms with Crippen molar-refractivity contribution in [1.29, 1.82) is 5.26 Å². The topological polar surface area (TPSA) is 95.1 Å². The van der Waals surface area contributed by atoms with Crippen molar-refractivity contribution in [3.63, 3.8) is 0 Å². The van der Waals surface area contributed by atoms with Gasteiger partial charge in [-0.1, -0.05) is 0 Å². The minimum absolute atomic E-state index is 0.230. The predicted molar refractivity (Wildman–Crippen MR) is 74.5 cm³/mol. The van der Waals surface area contributed by atoms with E-state index in [-0.39, 0.29) is 17.6 Å². The number of rotatable bonds is 5. The van der Waals surface area contributed by atoms with Crippen LogP contribution in [0.2, 0.25) is 0 Å². The van der Waals surface area contributed by atoms with Crippen LogP contribution < -0.4 is 10.6 Å². The van der Waals surface area contributed by atoms with Crippen LogP contribution in [0.1, 0.15) is 26.5 Å². The van der Waals surface area contributed by atoms with Crippen molar-refractivity contribution in [3.05, 3.63) is 59.5 Å². The molecule has 1 aromatic heterocycles. The number of nitriles is 1. The second-order valence-corrected chi connectivity index (χ2v) is 4.18. The van der Waals surface area contributed by atoms with E-state index in [1.807, 2.05) is 6.07 Å². The zero-order chi connectivity index (χ0) is 15.1. The van der Waals surface area contributed by atoms with Crippen LogP contribution >= 0.6 is 0 Å². The Morgan fingerprint density at radius 1 is 1.05 bits per heavy atom. The van der Waals surface area contributed by atoms with Crippen LogP contribution in [0.25, 0.3) is 0 Å². The molecule has 6 heteroatoms. The van der Waals surface area contributed by atoms with Gasteiger partial charge in [-0.25, -0.2) is 0 Å². The molecule has 2 N–H and O–H groups in total. The molecule has 2 aromatic rings. The number of carbonyl (C=O) groups excluding carboxylic acids is 2. The molecule has 0 aliphatic heterocycles. The van der Waals surface area contributed by atoms with E-state index in [0.717, 1.165) is 0 Å². The average molecular weight is 283 g/mol. The molecule has 0 aliphatic carbocycles. The quantitative estimate of drug-likeness (QED) is 0.809. The Morgan fingerprint density at radius 2 is 1.71 bits per heavy atom. The number of hydrogen-bond donors (Lipinski definition) is 2. The maximum atomic E-state index is 11.8. The molecule has 6 nitrogen and oxygen atoms in total. The molecule has 0 aliphatic rings. The van der Waals surface area contributed by atoms with E-state index in [2.05, 4.69) is 10.6 Å². The molecular formula is C15H13N3O3. The summed E-state index contributed by atoms with van der Waals surface area (Å²) in [6.07, 6.45) is 1.42. The zero-order valence-electron chi connectivity index (χ0n) is 11.1. The van der Waals surface area contributed by atoms with Crippen molar-refractivity contribution < 1.29 is 14.0 Å². The molecule has 106 valence electrons. The summed E-state index contributed by atoms with van der Waals surface area (Å²) >= 11 is 0. The van der Waals surface area contributed by atoms with Crippen LogP contribution in [0.15, 0.2) is 47.1 Å². The van der Waals surface area contributed by atoms with Crippen LogP contribution in [-0.4, -0.2) is 24.9 Å². The first kappa shape index (κ1) is 14.3. The molecule has 0 unspecified atom stereocenters. The molecular weight excluding hydrogens is 270 g/mol. The van der Waals surface area contributed by atoms with Crippen molar-refractivity contribution in [3.8, 4) is 6.07 Å². The molecule has 0 saturated heterocycles. The van der Waals surface area contributed by atoms with E-state index in [1.165, 1.54) is 6.26 Å². The third-order valence-electron chi connectivity index (χ3n) is 2.72. The fraction of sp³-hybridized carbons (Fsp3) is 0.133. The van der Waals surface area contributed by atoms with Gasteiger partial charge in [-0.05, 0) is 36.4 Å². The Kier molecular flexibility index (Phi) is 4.72. The van der Waals surface area contributed by atoms with Gasteiger partial charge in [-0.3, -0.25) is 9.59 Å². The van der Waals surface area contributed by atoms with Crippen molar-refractivity contribution in [2.75, 3.05) is 13.1 Å². The van der Waals surface area contributed by atoms with Gasteiger partial charge in [0.05, 0.1) is 17.9 Å². The van der Waals surface area contributed by atoms with Gasteiger partial charge in [-0.15, -0.1) is 0 Å². The van der Waals surface area contributed by atoms with Crippen LogP contribution in [0.3, 0.4) is 0 Å². The maximum absolute atomic E-state index is 11.8. The SMILES string of the molecule is N#Cc1ccc(C(=O)NCCNC(=O)c2ccco2)cc1. The highest BCUT2D eigenvalue weighted by Gasteiger charge is 2.08. The summed E-state index contributed by atoms with van der Waals surface area (Å²) in [5.74, 6) is -0.354. The third kappa shape index (κ3) is 3.94. The number of amides is 2. The lowest BCUT2D eigenvalue weighted by molar-refractivity contribution is 0.0910. The Hall–Kier alpha value is -3.07. The second-order valence-electron chi connectivity index (χ2n) is 4.18. The number of hydrogen-bond acceptors (Lipinski definition) is 4. The molecule has 0 fully saturated rings. The Labute approximate surface area is 121 Å². The van der Waals surface area contributed by atoms with E-state index in [9.17, 15) is 9.59 Å². The fourth-order valence-corrected chi connectivity index (χ4v) is 1.65. The third-order valence-corrected chi connectivity index (χ3v) is 2.72. The minimum Gasteiger partial charge on any atom is -0.459 e. The summed E-state index contributed by atoms with van der Waals surface area (Å²) in [6.45, 7) is 0.590. The predicted octanol–water partition coefficient (Wildman–Crippen LogP) is 1.31. The van der Waals surface area contributed by atoms with Crippen molar-refractivity contribution in [2.45, 2.75) is 0 Å². The highest BCUT2D eigenvalue weighted by atomic mass is 16.3. The maximum Gasteiger partial charge on any atom is 0.287 e. The van der Waals surface area contributed by atoms with Gasteiger partial charge in [-0.2, -0.15) is 5.26 Å². The molecule has 0 radical (unpaired) electrons. The first-order valence-electron chi connectivity index (χ1n) is 6.31. The first-order valence-corrected chi connectivity index (χ1v) is 6.31. The number of benzene rings is 1. The number of nitrogens with zero attached hydrogens (tertiary/aromatic N) is 1. The van der Waals surface area contributed by atoms with E-state index in [4.69, 9.17) is 9.68 Å². The summed E-state index contributed by atoms with van der Waals surface area (Å²) in [5.41, 5.74) is 0.962. The van der Waals surface area contributed by atoms with E-state index >= 15 is 0 Å². The zero-order valence-corrected chi connectivity index (χ0v) is 11.1. The molecule has 21 heavy (non-hydrogen) atoms. The van der Waals surface area contributed by atoms with Crippen molar-refractivity contribution in [1.82, 2.24) is 10.6 Å². The van der Waals surface area contributed by atoms with Gasteiger partial charge < -0.3 is 15.1 Å². The molecule has 0 atom stereocenters.